The van der Waals surface area contributed by atoms with Gasteiger partial charge in [0.1, 0.15) is 24.7 Å². The summed E-state index contributed by atoms with van der Waals surface area (Å²) >= 11 is 0. The van der Waals surface area contributed by atoms with Gasteiger partial charge in [0.05, 0.1) is 18.1 Å². The highest BCUT2D eigenvalue weighted by Crippen LogP contribution is 2.28. The van der Waals surface area contributed by atoms with Gasteiger partial charge < -0.3 is 20.1 Å². The van der Waals surface area contributed by atoms with Gasteiger partial charge in [-0.05, 0) is 50.6 Å². The molecule has 0 saturated carbocycles. The maximum atomic E-state index is 13.1. The summed E-state index contributed by atoms with van der Waals surface area (Å²) in [6.07, 6.45) is 7.05. The van der Waals surface area contributed by atoms with Gasteiger partial charge in [-0.1, -0.05) is 6.07 Å². The summed E-state index contributed by atoms with van der Waals surface area (Å²) in [5, 5.41) is 6.75. The van der Waals surface area contributed by atoms with Crippen molar-refractivity contribution in [1.82, 2.24) is 24.4 Å². The van der Waals surface area contributed by atoms with Crippen molar-refractivity contribution < 1.29 is 14.4 Å². The molecule has 4 aromatic rings. The number of likely N-dealkylation sites (tertiary alicyclic amines) is 1. The number of aryl methyl sites for hydroxylation is 1. The lowest BCUT2D eigenvalue weighted by molar-refractivity contribution is -0.145. The van der Waals surface area contributed by atoms with E-state index in [0.29, 0.717) is 24.3 Å². The van der Waals surface area contributed by atoms with Crippen LogP contribution in [0.25, 0.3) is 10.9 Å². The number of nitrogens with one attached hydrogen (secondary N) is 2. The number of carbonyl (C=O) groups excluding carboxylic acids is 3. The van der Waals surface area contributed by atoms with Crippen molar-refractivity contribution in [1.29, 1.82) is 0 Å². The van der Waals surface area contributed by atoms with Crippen molar-refractivity contribution in [3.05, 3.63) is 72.6 Å². The minimum absolute atomic E-state index is 0.0234. The summed E-state index contributed by atoms with van der Waals surface area (Å²) in [5.74, 6) is -0.0733. The van der Waals surface area contributed by atoms with Crippen LogP contribution in [0, 0.1) is 6.92 Å². The molecule has 0 aliphatic carbocycles. The Kier molecular flexibility index (Phi) is 6.16. The van der Waals surface area contributed by atoms with Crippen molar-refractivity contribution in [2.45, 2.75) is 32.9 Å². The highest BCUT2D eigenvalue weighted by Gasteiger charge is 2.37. The summed E-state index contributed by atoms with van der Waals surface area (Å²) < 4.78 is 1.76. The first-order valence-corrected chi connectivity index (χ1v) is 11.6. The van der Waals surface area contributed by atoms with Gasteiger partial charge in [0.25, 0.3) is 0 Å². The van der Waals surface area contributed by atoms with Gasteiger partial charge in [-0.2, -0.15) is 0 Å². The van der Waals surface area contributed by atoms with Gasteiger partial charge in [-0.3, -0.25) is 14.4 Å². The fraction of sp³-hybridized carbons (Fsp3) is 0.231. The highest BCUT2D eigenvalue weighted by atomic mass is 16.2. The molecule has 36 heavy (non-hydrogen) atoms. The monoisotopic (exact) mass is 483 g/mol. The minimum atomic E-state index is -0.544. The highest BCUT2D eigenvalue weighted by molar-refractivity contribution is 6.08. The molecule has 3 aromatic heterocycles. The number of fused-ring (bicyclic) bond motifs is 1. The standard InChI is InChI=1S/C26H25N7O3/c1-16-4-3-5-24(29-16)31-26(36)23-8-9-33(23)25(35)14-32-13-21(17(2)34)20-10-18(6-7-22(20)32)30-19-11-27-15-28-12-19/h3-7,10-13,15,23,30H,8-9,14H2,1-2H3,(H,29,31,36)/t23-/m0/s1. The number of Topliss-reactive ketones (excluding diaryl/α,β-unsaturated/α-hetero) is 1. The molecule has 10 heteroatoms. The zero-order valence-electron chi connectivity index (χ0n) is 19.9. The second kappa shape index (κ2) is 9.57. The summed E-state index contributed by atoms with van der Waals surface area (Å²) in [4.78, 5) is 52.1. The van der Waals surface area contributed by atoms with E-state index in [0.717, 1.165) is 28.0 Å². The number of rotatable bonds is 7. The molecule has 0 bridgehead atoms. The number of amides is 2. The van der Waals surface area contributed by atoms with E-state index in [9.17, 15) is 14.4 Å². The van der Waals surface area contributed by atoms with E-state index in [1.54, 1.807) is 34.1 Å². The number of hydrogen-bond acceptors (Lipinski definition) is 7. The largest absolute Gasteiger partial charge is 0.353 e. The van der Waals surface area contributed by atoms with Gasteiger partial charge in [0.2, 0.25) is 11.8 Å². The van der Waals surface area contributed by atoms with E-state index < -0.39 is 6.04 Å². The molecule has 1 aliphatic heterocycles. The number of aromatic nitrogens is 4. The molecule has 4 heterocycles. The Morgan fingerprint density at radius 2 is 1.89 bits per heavy atom. The predicted octanol–water partition coefficient (Wildman–Crippen LogP) is 3.32. The number of ketones is 1. The number of benzene rings is 1. The SMILES string of the molecule is CC(=O)c1cn(CC(=O)N2CC[C@H]2C(=O)Nc2cccc(C)n2)c2ccc(Nc3cncnc3)cc12. The summed E-state index contributed by atoms with van der Waals surface area (Å²) in [5.41, 5.74) is 3.57. The fourth-order valence-corrected chi connectivity index (χ4v) is 4.33. The van der Waals surface area contributed by atoms with Crippen LogP contribution in [0.3, 0.4) is 0 Å². The molecule has 1 fully saturated rings. The molecule has 2 N–H and O–H groups in total. The Hall–Kier alpha value is -4.60. The molecule has 10 nitrogen and oxygen atoms in total. The van der Waals surface area contributed by atoms with Crippen LogP contribution in [-0.4, -0.2) is 54.6 Å². The van der Waals surface area contributed by atoms with E-state index in [2.05, 4.69) is 25.6 Å². The smallest absolute Gasteiger partial charge is 0.248 e. The zero-order valence-corrected chi connectivity index (χ0v) is 19.9. The molecule has 0 radical (unpaired) electrons. The summed E-state index contributed by atoms with van der Waals surface area (Å²) in [7, 11) is 0. The van der Waals surface area contributed by atoms with Crippen LogP contribution in [0.4, 0.5) is 17.2 Å². The zero-order chi connectivity index (χ0) is 25.2. The number of nitrogens with zero attached hydrogens (tertiary/aromatic N) is 5. The van der Waals surface area contributed by atoms with Crippen molar-refractivity contribution >= 4 is 45.7 Å². The molecule has 1 atom stereocenters. The first-order valence-electron chi connectivity index (χ1n) is 11.6. The first-order chi connectivity index (χ1) is 17.4. The Morgan fingerprint density at radius 1 is 1.08 bits per heavy atom. The van der Waals surface area contributed by atoms with Crippen LogP contribution in [0.5, 0.6) is 0 Å². The average Bonchev–Trinajstić information content (AvgIpc) is 3.16. The Bertz CT molecular complexity index is 1470. The second-order valence-corrected chi connectivity index (χ2v) is 8.76. The van der Waals surface area contributed by atoms with Crippen LogP contribution in [0.2, 0.25) is 0 Å². The maximum absolute atomic E-state index is 13.1. The van der Waals surface area contributed by atoms with E-state index in [4.69, 9.17) is 0 Å². The molecule has 0 unspecified atom stereocenters. The van der Waals surface area contributed by atoms with Crippen LogP contribution in [0.1, 0.15) is 29.4 Å². The third kappa shape index (κ3) is 4.65. The number of hydrogen-bond donors (Lipinski definition) is 2. The van der Waals surface area contributed by atoms with E-state index in [-0.39, 0.29) is 24.1 Å². The topological polar surface area (TPSA) is 122 Å². The van der Waals surface area contributed by atoms with E-state index in [1.165, 1.54) is 13.3 Å². The van der Waals surface area contributed by atoms with E-state index >= 15 is 0 Å². The third-order valence-corrected chi connectivity index (χ3v) is 6.20. The lowest BCUT2D eigenvalue weighted by Crippen LogP contribution is -2.57. The Labute approximate surface area is 207 Å². The lowest BCUT2D eigenvalue weighted by Gasteiger charge is -2.39. The quantitative estimate of drug-likeness (QED) is 0.387. The fourth-order valence-electron chi connectivity index (χ4n) is 4.33. The van der Waals surface area contributed by atoms with Crippen molar-refractivity contribution in [2.24, 2.45) is 0 Å². The molecule has 1 saturated heterocycles. The lowest BCUT2D eigenvalue weighted by atomic mass is 10.0. The molecule has 2 amide bonds. The van der Waals surface area contributed by atoms with Crippen LogP contribution >= 0.6 is 0 Å². The van der Waals surface area contributed by atoms with Crippen LogP contribution in [-0.2, 0) is 16.1 Å². The maximum Gasteiger partial charge on any atom is 0.248 e. The predicted molar refractivity (Wildman–Crippen MR) is 135 cm³/mol. The summed E-state index contributed by atoms with van der Waals surface area (Å²) in [6.45, 7) is 3.88. The van der Waals surface area contributed by atoms with Crippen molar-refractivity contribution in [3.63, 3.8) is 0 Å². The van der Waals surface area contributed by atoms with Crippen LogP contribution in [0.15, 0.2) is 61.3 Å². The third-order valence-electron chi connectivity index (χ3n) is 6.20. The van der Waals surface area contributed by atoms with E-state index in [1.807, 2.05) is 37.3 Å². The van der Waals surface area contributed by atoms with Gasteiger partial charge >= 0.3 is 0 Å². The second-order valence-electron chi connectivity index (χ2n) is 8.76. The molecule has 182 valence electrons. The average molecular weight is 484 g/mol. The molecule has 1 aliphatic rings. The Morgan fingerprint density at radius 3 is 2.58 bits per heavy atom. The van der Waals surface area contributed by atoms with Crippen LogP contribution < -0.4 is 10.6 Å². The molecule has 1 aromatic carbocycles. The molecular weight excluding hydrogens is 458 g/mol. The van der Waals surface area contributed by atoms with Crippen molar-refractivity contribution in [2.75, 3.05) is 17.2 Å². The Balaban J connectivity index is 1.33. The van der Waals surface area contributed by atoms with Gasteiger partial charge in [0.15, 0.2) is 5.78 Å². The minimum Gasteiger partial charge on any atom is -0.353 e. The van der Waals surface area contributed by atoms with Gasteiger partial charge in [0, 0.05) is 40.6 Å². The molecule has 5 rings (SSSR count). The van der Waals surface area contributed by atoms with Gasteiger partial charge in [-0.15, -0.1) is 0 Å². The van der Waals surface area contributed by atoms with Gasteiger partial charge in [-0.25, -0.2) is 15.0 Å². The first kappa shape index (κ1) is 23.2. The summed E-state index contributed by atoms with van der Waals surface area (Å²) in [6, 6.07) is 10.5. The molecule has 0 spiro atoms. The molecular formula is C26H25N7O3. The number of anilines is 3. The van der Waals surface area contributed by atoms with Crippen molar-refractivity contribution in [3.8, 4) is 0 Å². The number of carbonyl (C=O) groups is 3. The normalized spacial score (nSPS) is 14.8. The number of pyridine rings is 1.